The van der Waals surface area contributed by atoms with Gasteiger partial charge in [0.05, 0.1) is 6.10 Å². The van der Waals surface area contributed by atoms with Gasteiger partial charge in [-0.25, -0.2) is 4.98 Å². The molecule has 6 heteroatoms. The van der Waals surface area contributed by atoms with Gasteiger partial charge in [0.2, 0.25) is 5.88 Å². The SMILES string of the molecule is CC(C)Oc1cccc(C(=O)NCCCCCCC(=O)O)n1. The summed E-state index contributed by atoms with van der Waals surface area (Å²) in [6.07, 6.45) is 3.48. The summed E-state index contributed by atoms with van der Waals surface area (Å²) in [6, 6.07) is 5.11. The number of hydrogen-bond donors (Lipinski definition) is 2. The Hall–Kier alpha value is -2.11. The van der Waals surface area contributed by atoms with Gasteiger partial charge >= 0.3 is 5.97 Å². The number of rotatable bonds is 10. The van der Waals surface area contributed by atoms with Crippen molar-refractivity contribution in [2.24, 2.45) is 0 Å². The van der Waals surface area contributed by atoms with E-state index in [9.17, 15) is 9.59 Å². The number of carbonyl (C=O) groups excluding carboxylic acids is 1. The first-order valence-electron chi connectivity index (χ1n) is 7.62. The lowest BCUT2D eigenvalue weighted by atomic mass is 10.1. The molecular formula is C16H24N2O4. The van der Waals surface area contributed by atoms with Crippen LogP contribution in [0.3, 0.4) is 0 Å². The summed E-state index contributed by atoms with van der Waals surface area (Å²) < 4.78 is 5.46. The van der Waals surface area contributed by atoms with Gasteiger partial charge in [-0.05, 0) is 32.8 Å². The highest BCUT2D eigenvalue weighted by Gasteiger charge is 2.08. The standard InChI is InChI=1S/C16H24N2O4/c1-12(2)22-14-9-7-8-13(18-14)16(21)17-11-6-4-3-5-10-15(19)20/h7-9,12H,3-6,10-11H2,1-2H3,(H,17,21)(H,19,20). The minimum Gasteiger partial charge on any atom is -0.481 e. The maximum absolute atomic E-state index is 12.0. The van der Waals surface area contributed by atoms with Crippen LogP contribution in [0.4, 0.5) is 0 Å². The Balaban J connectivity index is 2.26. The molecule has 0 bridgehead atoms. The van der Waals surface area contributed by atoms with Crippen LogP contribution in [0.15, 0.2) is 18.2 Å². The second kappa shape index (κ2) is 9.76. The number of ether oxygens (including phenoxy) is 1. The number of hydrogen-bond acceptors (Lipinski definition) is 4. The summed E-state index contributed by atoms with van der Waals surface area (Å²) in [5, 5.41) is 11.3. The third kappa shape index (κ3) is 7.61. The molecule has 1 aromatic heterocycles. The molecule has 0 fully saturated rings. The summed E-state index contributed by atoms with van der Waals surface area (Å²) in [5.41, 5.74) is 0.337. The van der Waals surface area contributed by atoms with Crippen LogP contribution in [-0.4, -0.2) is 34.6 Å². The van der Waals surface area contributed by atoms with Gasteiger partial charge in [-0.15, -0.1) is 0 Å². The zero-order valence-corrected chi connectivity index (χ0v) is 13.2. The lowest BCUT2D eigenvalue weighted by Gasteiger charge is -2.10. The zero-order chi connectivity index (χ0) is 16.4. The second-order valence-electron chi connectivity index (χ2n) is 5.34. The van der Waals surface area contributed by atoms with E-state index in [0.29, 0.717) is 24.5 Å². The Kier molecular flexibility index (Phi) is 7.96. The largest absolute Gasteiger partial charge is 0.481 e. The molecule has 6 nitrogen and oxygen atoms in total. The molecule has 0 aromatic carbocycles. The van der Waals surface area contributed by atoms with Crippen molar-refractivity contribution in [3.8, 4) is 5.88 Å². The van der Waals surface area contributed by atoms with E-state index >= 15 is 0 Å². The van der Waals surface area contributed by atoms with Crippen LogP contribution >= 0.6 is 0 Å². The minimum atomic E-state index is -0.761. The van der Waals surface area contributed by atoms with Crippen molar-refractivity contribution in [2.45, 2.75) is 52.1 Å². The molecule has 0 radical (unpaired) electrons. The fraction of sp³-hybridized carbons (Fsp3) is 0.562. The van der Waals surface area contributed by atoms with E-state index in [4.69, 9.17) is 9.84 Å². The molecule has 0 aliphatic carbocycles. The Morgan fingerprint density at radius 1 is 1.23 bits per heavy atom. The lowest BCUT2D eigenvalue weighted by Crippen LogP contribution is -2.25. The van der Waals surface area contributed by atoms with E-state index in [1.807, 2.05) is 13.8 Å². The fourth-order valence-corrected chi connectivity index (χ4v) is 1.90. The van der Waals surface area contributed by atoms with Crippen molar-refractivity contribution in [1.82, 2.24) is 10.3 Å². The summed E-state index contributed by atoms with van der Waals surface area (Å²) in [5.74, 6) is -0.543. The Bertz CT molecular complexity index is 489. The van der Waals surface area contributed by atoms with Crippen LogP contribution in [0.25, 0.3) is 0 Å². The van der Waals surface area contributed by atoms with Crippen LogP contribution in [0, 0.1) is 0 Å². The van der Waals surface area contributed by atoms with Gasteiger partial charge in [-0.2, -0.15) is 0 Å². The molecule has 22 heavy (non-hydrogen) atoms. The summed E-state index contributed by atoms with van der Waals surface area (Å²) in [6.45, 7) is 4.36. The first-order valence-corrected chi connectivity index (χ1v) is 7.62. The van der Waals surface area contributed by atoms with Crippen LogP contribution in [0.1, 0.15) is 56.4 Å². The number of nitrogens with zero attached hydrogens (tertiary/aromatic N) is 1. The highest BCUT2D eigenvalue weighted by Crippen LogP contribution is 2.09. The van der Waals surface area contributed by atoms with Crippen molar-refractivity contribution in [2.75, 3.05) is 6.54 Å². The average molecular weight is 308 g/mol. The Labute approximate surface area is 130 Å². The van der Waals surface area contributed by atoms with Gasteiger partial charge in [0, 0.05) is 19.0 Å². The zero-order valence-electron chi connectivity index (χ0n) is 13.2. The van der Waals surface area contributed by atoms with Gasteiger partial charge in [0.1, 0.15) is 5.69 Å². The molecule has 0 saturated carbocycles. The molecule has 0 atom stereocenters. The predicted octanol–water partition coefficient (Wildman–Crippen LogP) is 2.63. The lowest BCUT2D eigenvalue weighted by molar-refractivity contribution is -0.137. The molecule has 1 amide bonds. The van der Waals surface area contributed by atoms with Gasteiger partial charge in [0.25, 0.3) is 5.91 Å². The number of nitrogens with one attached hydrogen (secondary N) is 1. The van der Waals surface area contributed by atoms with E-state index in [1.54, 1.807) is 18.2 Å². The molecule has 1 aromatic rings. The monoisotopic (exact) mass is 308 g/mol. The number of aliphatic carboxylic acids is 1. The smallest absolute Gasteiger partial charge is 0.303 e. The normalized spacial score (nSPS) is 10.5. The maximum Gasteiger partial charge on any atom is 0.303 e. The summed E-state index contributed by atoms with van der Waals surface area (Å²) >= 11 is 0. The van der Waals surface area contributed by atoms with E-state index in [0.717, 1.165) is 19.3 Å². The minimum absolute atomic E-state index is 0.0108. The molecule has 0 unspecified atom stereocenters. The van der Waals surface area contributed by atoms with Gasteiger partial charge in [-0.3, -0.25) is 9.59 Å². The van der Waals surface area contributed by atoms with Crippen molar-refractivity contribution < 1.29 is 19.4 Å². The van der Waals surface area contributed by atoms with Crippen molar-refractivity contribution in [3.63, 3.8) is 0 Å². The first kappa shape index (κ1) is 17.9. The van der Waals surface area contributed by atoms with Gasteiger partial charge in [-0.1, -0.05) is 18.9 Å². The van der Waals surface area contributed by atoms with Gasteiger partial charge < -0.3 is 15.2 Å². The highest BCUT2D eigenvalue weighted by atomic mass is 16.5. The number of unbranched alkanes of at least 4 members (excludes halogenated alkanes) is 3. The fourth-order valence-electron chi connectivity index (χ4n) is 1.90. The quantitative estimate of drug-likeness (QED) is 0.649. The van der Waals surface area contributed by atoms with E-state index < -0.39 is 5.97 Å². The molecular weight excluding hydrogens is 284 g/mol. The summed E-state index contributed by atoms with van der Waals surface area (Å²) in [4.78, 5) is 26.5. The number of pyridine rings is 1. The van der Waals surface area contributed by atoms with Crippen LogP contribution in [0.5, 0.6) is 5.88 Å². The first-order chi connectivity index (χ1) is 10.5. The molecule has 0 aliphatic heterocycles. The molecule has 0 saturated heterocycles. The molecule has 0 aliphatic rings. The summed E-state index contributed by atoms with van der Waals surface area (Å²) in [7, 11) is 0. The number of aromatic nitrogens is 1. The third-order valence-corrected chi connectivity index (χ3v) is 2.92. The van der Waals surface area contributed by atoms with Crippen molar-refractivity contribution in [3.05, 3.63) is 23.9 Å². The molecule has 2 N–H and O–H groups in total. The van der Waals surface area contributed by atoms with Crippen LogP contribution in [0.2, 0.25) is 0 Å². The molecule has 1 heterocycles. The number of carbonyl (C=O) groups is 2. The molecule has 1 rings (SSSR count). The van der Waals surface area contributed by atoms with Gasteiger partial charge in [0.15, 0.2) is 0 Å². The second-order valence-corrected chi connectivity index (χ2v) is 5.34. The van der Waals surface area contributed by atoms with E-state index in [1.165, 1.54) is 0 Å². The predicted molar refractivity (Wildman–Crippen MR) is 83.1 cm³/mol. The number of carboxylic acids is 1. The van der Waals surface area contributed by atoms with E-state index in [-0.39, 0.29) is 18.4 Å². The average Bonchev–Trinajstić information content (AvgIpc) is 2.45. The Morgan fingerprint density at radius 3 is 2.64 bits per heavy atom. The number of amides is 1. The van der Waals surface area contributed by atoms with Crippen LogP contribution in [-0.2, 0) is 4.79 Å². The van der Waals surface area contributed by atoms with E-state index in [2.05, 4.69) is 10.3 Å². The Morgan fingerprint density at radius 2 is 1.95 bits per heavy atom. The molecule has 0 spiro atoms. The van der Waals surface area contributed by atoms with Crippen LogP contribution < -0.4 is 10.1 Å². The highest BCUT2D eigenvalue weighted by molar-refractivity contribution is 5.92. The molecule has 122 valence electrons. The van der Waals surface area contributed by atoms with Crippen molar-refractivity contribution >= 4 is 11.9 Å². The number of carboxylic acid groups (broad SMARTS) is 1. The van der Waals surface area contributed by atoms with Crippen molar-refractivity contribution in [1.29, 1.82) is 0 Å². The third-order valence-electron chi connectivity index (χ3n) is 2.92. The maximum atomic E-state index is 12.0. The topological polar surface area (TPSA) is 88.5 Å².